The molecule has 176 valence electrons. The molecule has 34 heavy (non-hydrogen) atoms. The number of allylic oxidation sites excluding steroid dienone is 13. The molecule has 0 nitrogen and oxygen atoms in total. The summed E-state index contributed by atoms with van der Waals surface area (Å²) in [5.74, 6) is 0.322. The summed E-state index contributed by atoms with van der Waals surface area (Å²) in [5.41, 5.74) is 8.90. The third-order valence-corrected chi connectivity index (χ3v) is 5.56. The predicted molar refractivity (Wildman–Crippen MR) is 152 cm³/mol. The molecular weight excluding hydrogens is 408 g/mol. The molecule has 0 spiro atoms. The predicted octanol–water partition coefficient (Wildman–Crippen LogP) is 9.56. The van der Waals surface area contributed by atoms with Crippen LogP contribution in [0.1, 0.15) is 45.7 Å². The molecule has 1 atom stereocenters. The van der Waals surface area contributed by atoms with Gasteiger partial charge in [-0.3, -0.25) is 0 Å². The molecule has 0 aromatic heterocycles. The molecule has 0 heteroatoms. The van der Waals surface area contributed by atoms with Crippen LogP contribution in [0.4, 0.5) is 0 Å². The Bertz CT molecular complexity index is 1080. The minimum atomic E-state index is 0.322. The monoisotopic (exact) mass is 448 g/mol. The molecule has 2 aromatic carbocycles. The number of benzene rings is 2. The summed E-state index contributed by atoms with van der Waals surface area (Å²) in [5, 5.41) is 0. The molecule has 2 rings (SSSR count). The van der Waals surface area contributed by atoms with Crippen LogP contribution in [0.15, 0.2) is 144 Å². The average Bonchev–Trinajstić information content (AvgIpc) is 2.81. The summed E-state index contributed by atoms with van der Waals surface area (Å²) in [7, 11) is 0. The second kappa shape index (κ2) is 14.7. The van der Waals surface area contributed by atoms with Crippen molar-refractivity contribution in [2.24, 2.45) is 5.92 Å². The van der Waals surface area contributed by atoms with Crippen LogP contribution in [0.25, 0.3) is 0 Å². The van der Waals surface area contributed by atoms with Crippen LogP contribution in [0.3, 0.4) is 0 Å². The molecule has 0 fully saturated rings. The normalized spacial score (nSPS) is 14.0. The smallest absolute Gasteiger partial charge is 0.00582 e. The molecule has 0 heterocycles. The van der Waals surface area contributed by atoms with Crippen molar-refractivity contribution in [3.63, 3.8) is 0 Å². The molecule has 0 saturated carbocycles. The van der Waals surface area contributed by atoms with Crippen LogP contribution >= 0.6 is 0 Å². The summed E-state index contributed by atoms with van der Waals surface area (Å²) in [6, 6.07) is 21.4. The fraction of sp³-hybridized carbons (Fsp3) is 0.235. The first-order chi connectivity index (χ1) is 16.4. The van der Waals surface area contributed by atoms with Crippen LogP contribution in [-0.2, 0) is 12.8 Å². The highest BCUT2D eigenvalue weighted by molar-refractivity contribution is 5.42. The van der Waals surface area contributed by atoms with Crippen molar-refractivity contribution >= 4 is 0 Å². The fourth-order valence-electron chi connectivity index (χ4n) is 3.79. The maximum Gasteiger partial charge on any atom is 0.00582 e. The zero-order chi connectivity index (χ0) is 24.8. The van der Waals surface area contributed by atoms with Crippen LogP contribution in [-0.4, -0.2) is 0 Å². The Morgan fingerprint density at radius 3 is 2.00 bits per heavy atom. The lowest BCUT2D eigenvalue weighted by molar-refractivity contribution is 0.770. The Kier molecular flexibility index (Phi) is 11.6. The van der Waals surface area contributed by atoms with Gasteiger partial charge in [-0.2, -0.15) is 0 Å². The number of hydrogen-bond donors (Lipinski definition) is 0. The minimum Gasteiger partial charge on any atom is -0.0961 e. The summed E-state index contributed by atoms with van der Waals surface area (Å²) >= 11 is 0. The summed E-state index contributed by atoms with van der Waals surface area (Å²) in [6.07, 6.45) is 19.7. The van der Waals surface area contributed by atoms with Crippen LogP contribution in [0.2, 0.25) is 0 Å². The second-order valence-corrected chi connectivity index (χ2v) is 9.12. The lowest BCUT2D eigenvalue weighted by Gasteiger charge is -2.15. The lowest BCUT2D eigenvalue weighted by Crippen LogP contribution is -2.04. The Morgan fingerprint density at radius 2 is 1.44 bits per heavy atom. The second-order valence-electron chi connectivity index (χ2n) is 9.12. The van der Waals surface area contributed by atoms with Gasteiger partial charge >= 0.3 is 0 Å². The van der Waals surface area contributed by atoms with Crippen molar-refractivity contribution < 1.29 is 0 Å². The van der Waals surface area contributed by atoms with E-state index < -0.39 is 0 Å². The van der Waals surface area contributed by atoms with E-state index in [4.69, 9.17) is 0 Å². The van der Waals surface area contributed by atoms with Gasteiger partial charge in [-0.25, -0.2) is 0 Å². The van der Waals surface area contributed by atoms with E-state index in [2.05, 4.69) is 150 Å². The van der Waals surface area contributed by atoms with Gasteiger partial charge in [0.15, 0.2) is 0 Å². The number of rotatable bonds is 11. The van der Waals surface area contributed by atoms with Gasteiger partial charge in [-0.15, -0.1) is 0 Å². The van der Waals surface area contributed by atoms with Crippen LogP contribution in [0, 0.1) is 5.92 Å². The largest absolute Gasteiger partial charge is 0.0961 e. The third kappa shape index (κ3) is 10.0. The van der Waals surface area contributed by atoms with Gasteiger partial charge in [0.1, 0.15) is 0 Å². The standard InChI is InChI=1S/C34H40/c1-7-15-33(25-30-17-10-8-11-18-30)32(23-22-27(2)3)21-14-16-29(6)34(24-28(4)5)26-31-19-12-9-13-20-31/h7-24,33H,4,25-26H2,1-3,5-6H3/b15-7-,21-14+,29-16-,32-23+,34-24-. The maximum atomic E-state index is 4.11. The molecule has 1 unspecified atom stereocenters. The minimum absolute atomic E-state index is 0.322. The van der Waals surface area contributed by atoms with Crippen molar-refractivity contribution in [3.8, 4) is 0 Å². The maximum absolute atomic E-state index is 4.11. The molecular formula is C34H40. The Hall–Kier alpha value is -3.38. The highest BCUT2D eigenvalue weighted by atomic mass is 14.1. The van der Waals surface area contributed by atoms with E-state index in [0.29, 0.717) is 5.92 Å². The lowest BCUT2D eigenvalue weighted by atomic mass is 9.90. The molecule has 0 aliphatic heterocycles. The first kappa shape index (κ1) is 26.9. The highest BCUT2D eigenvalue weighted by Crippen LogP contribution is 2.22. The highest BCUT2D eigenvalue weighted by Gasteiger charge is 2.10. The van der Waals surface area contributed by atoms with E-state index in [1.54, 1.807) is 0 Å². The topological polar surface area (TPSA) is 0 Å². The van der Waals surface area contributed by atoms with Crippen LogP contribution < -0.4 is 0 Å². The van der Waals surface area contributed by atoms with Crippen molar-refractivity contribution in [1.82, 2.24) is 0 Å². The molecule has 0 aliphatic carbocycles. The Balaban J connectivity index is 2.33. The Labute approximate surface area is 208 Å². The van der Waals surface area contributed by atoms with Crippen molar-refractivity contribution in [2.45, 2.75) is 47.5 Å². The van der Waals surface area contributed by atoms with E-state index in [1.165, 1.54) is 33.4 Å². The van der Waals surface area contributed by atoms with Gasteiger partial charge < -0.3 is 0 Å². The zero-order valence-corrected chi connectivity index (χ0v) is 21.6. The van der Waals surface area contributed by atoms with Crippen molar-refractivity contribution in [2.75, 3.05) is 0 Å². The molecule has 0 bridgehead atoms. The van der Waals surface area contributed by atoms with E-state index in [-0.39, 0.29) is 0 Å². The van der Waals surface area contributed by atoms with E-state index >= 15 is 0 Å². The molecule has 2 aromatic rings. The van der Waals surface area contributed by atoms with Gasteiger partial charge in [0.2, 0.25) is 0 Å². The average molecular weight is 449 g/mol. The van der Waals surface area contributed by atoms with Gasteiger partial charge in [-0.1, -0.05) is 127 Å². The van der Waals surface area contributed by atoms with Crippen molar-refractivity contribution in [1.29, 1.82) is 0 Å². The number of hydrogen-bond acceptors (Lipinski definition) is 0. The van der Waals surface area contributed by atoms with Gasteiger partial charge in [0.05, 0.1) is 0 Å². The molecule has 0 N–H and O–H groups in total. The van der Waals surface area contributed by atoms with Crippen LogP contribution in [0.5, 0.6) is 0 Å². The first-order valence-electron chi connectivity index (χ1n) is 12.2. The quantitative estimate of drug-likeness (QED) is 0.237. The van der Waals surface area contributed by atoms with Gasteiger partial charge in [0, 0.05) is 5.92 Å². The van der Waals surface area contributed by atoms with E-state index in [9.17, 15) is 0 Å². The molecule has 0 radical (unpaired) electrons. The zero-order valence-electron chi connectivity index (χ0n) is 21.6. The van der Waals surface area contributed by atoms with Crippen molar-refractivity contribution in [3.05, 3.63) is 155 Å². The summed E-state index contributed by atoms with van der Waals surface area (Å²) in [6.45, 7) is 14.7. The molecule has 0 aliphatic rings. The van der Waals surface area contributed by atoms with Gasteiger partial charge in [-0.05, 0) is 75.3 Å². The van der Waals surface area contributed by atoms with Gasteiger partial charge in [0.25, 0.3) is 0 Å². The summed E-state index contributed by atoms with van der Waals surface area (Å²) in [4.78, 5) is 0. The fourth-order valence-corrected chi connectivity index (χ4v) is 3.79. The van der Waals surface area contributed by atoms with E-state index in [0.717, 1.165) is 18.4 Å². The molecule has 0 saturated heterocycles. The first-order valence-corrected chi connectivity index (χ1v) is 12.2. The summed E-state index contributed by atoms with van der Waals surface area (Å²) < 4.78 is 0. The third-order valence-electron chi connectivity index (χ3n) is 5.56. The molecule has 0 amide bonds. The SMILES string of the molecule is C=C(C)\C=C(Cc1ccccc1)/C(C)=C\C=C\C(=C/C=C(C)C)C(/C=C\C)Cc1ccccc1. The van der Waals surface area contributed by atoms with E-state index in [1.807, 2.05) is 0 Å². The Morgan fingerprint density at radius 1 is 0.824 bits per heavy atom.